The van der Waals surface area contributed by atoms with Gasteiger partial charge in [-0.25, -0.2) is 0 Å². The summed E-state index contributed by atoms with van der Waals surface area (Å²) in [6, 6.07) is -0.356. The molecule has 0 saturated carbocycles. The number of nitrogens with one attached hydrogen (secondary N) is 1. The van der Waals surface area contributed by atoms with Crippen LogP contribution in [0.4, 0.5) is 0 Å². The SMILES string of the molecule is C=CCNC(C(=O)OCC)C1CCCO1. The van der Waals surface area contributed by atoms with Gasteiger partial charge in [0.05, 0.1) is 12.7 Å². The van der Waals surface area contributed by atoms with Crippen LogP contribution in [0.2, 0.25) is 0 Å². The van der Waals surface area contributed by atoms with Gasteiger partial charge in [-0.3, -0.25) is 10.1 Å². The highest BCUT2D eigenvalue weighted by atomic mass is 16.5. The van der Waals surface area contributed by atoms with Gasteiger partial charge in [-0.15, -0.1) is 6.58 Å². The molecular weight excluding hydrogens is 194 g/mol. The van der Waals surface area contributed by atoms with Crippen LogP contribution in [0.25, 0.3) is 0 Å². The summed E-state index contributed by atoms with van der Waals surface area (Å²) in [5.41, 5.74) is 0. The third kappa shape index (κ3) is 3.64. The number of carbonyl (C=O) groups excluding carboxylic acids is 1. The van der Waals surface area contributed by atoms with Crippen molar-refractivity contribution in [3.63, 3.8) is 0 Å². The molecule has 1 rings (SSSR count). The normalized spacial score (nSPS) is 22.3. The minimum absolute atomic E-state index is 0.0519. The molecule has 1 heterocycles. The number of hydrogen-bond donors (Lipinski definition) is 1. The summed E-state index contributed by atoms with van der Waals surface area (Å²) in [6.45, 7) is 7.13. The Morgan fingerprint density at radius 1 is 1.80 bits per heavy atom. The summed E-state index contributed by atoms with van der Waals surface area (Å²) in [7, 11) is 0. The predicted octanol–water partition coefficient (Wildman–Crippen LogP) is 0.873. The van der Waals surface area contributed by atoms with Gasteiger partial charge in [0.2, 0.25) is 0 Å². The second-order valence-electron chi connectivity index (χ2n) is 3.48. The van der Waals surface area contributed by atoms with Crippen LogP contribution in [-0.2, 0) is 14.3 Å². The second-order valence-corrected chi connectivity index (χ2v) is 3.48. The lowest BCUT2D eigenvalue weighted by molar-refractivity contribution is -0.149. The summed E-state index contributed by atoms with van der Waals surface area (Å²) in [5.74, 6) is -0.230. The van der Waals surface area contributed by atoms with Crippen molar-refractivity contribution >= 4 is 5.97 Å². The van der Waals surface area contributed by atoms with Crippen LogP contribution in [0.3, 0.4) is 0 Å². The van der Waals surface area contributed by atoms with Crippen LogP contribution in [0.15, 0.2) is 12.7 Å². The van der Waals surface area contributed by atoms with E-state index in [2.05, 4.69) is 11.9 Å². The summed E-state index contributed by atoms with van der Waals surface area (Å²) in [6.07, 6.45) is 3.59. The Morgan fingerprint density at radius 3 is 3.13 bits per heavy atom. The van der Waals surface area contributed by atoms with Crippen LogP contribution >= 0.6 is 0 Å². The molecule has 1 aliphatic heterocycles. The molecule has 15 heavy (non-hydrogen) atoms. The predicted molar refractivity (Wildman–Crippen MR) is 57.6 cm³/mol. The maximum atomic E-state index is 11.6. The zero-order valence-electron chi connectivity index (χ0n) is 9.20. The van der Waals surface area contributed by atoms with Crippen LogP contribution in [0.1, 0.15) is 19.8 Å². The number of ether oxygens (including phenoxy) is 2. The topological polar surface area (TPSA) is 47.6 Å². The monoisotopic (exact) mass is 213 g/mol. The molecule has 1 aliphatic rings. The second kappa shape index (κ2) is 6.58. The minimum Gasteiger partial charge on any atom is -0.465 e. The first-order valence-corrected chi connectivity index (χ1v) is 5.42. The van der Waals surface area contributed by atoms with E-state index >= 15 is 0 Å². The van der Waals surface area contributed by atoms with E-state index in [1.54, 1.807) is 13.0 Å². The average molecular weight is 213 g/mol. The number of hydrogen-bond acceptors (Lipinski definition) is 4. The molecule has 1 N–H and O–H groups in total. The Kier molecular flexibility index (Phi) is 5.36. The molecule has 0 aromatic heterocycles. The fourth-order valence-electron chi connectivity index (χ4n) is 1.67. The first-order chi connectivity index (χ1) is 7.29. The van der Waals surface area contributed by atoms with E-state index in [-0.39, 0.29) is 18.1 Å². The van der Waals surface area contributed by atoms with Crippen molar-refractivity contribution in [2.45, 2.75) is 31.9 Å². The fraction of sp³-hybridized carbons (Fsp3) is 0.727. The highest BCUT2D eigenvalue weighted by Crippen LogP contribution is 2.16. The highest BCUT2D eigenvalue weighted by molar-refractivity contribution is 5.76. The van der Waals surface area contributed by atoms with E-state index in [9.17, 15) is 4.79 Å². The molecule has 1 saturated heterocycles. The molecule has 0 aliphatic carbocycles. The summed E-state index contributed by atoms with van der Waals surface area (Å²) >= 11 is 0. The van der Waals surface area contributed by atoms with Gasteiger partial charge in [-0.05, 0) is 19.8 Å². The Hall–Kier alpha value is -0.870. The van der Waals surface area contributed by atoms with Crippen molar-refractivity contribution < 1.29 is 14.3 Å². The molecule has 0 amide bonds. The zero-order chi connectivity index (χ0) is 11.1. The molecule has 0 spiro atoms. The molecule has 2 unspecified atom stereocenters. The van der Waals surface area contributed by atoms with Gasteiger partial charge >= 0.3 is 5.97 Å². The van der Waals surface area contributed by atoms with Gasteiger partial charge in [-0.1, -0.05) is 6.08 Å². The maximum absolute atomic E-state index is 11.6. The molecule has 2 atom stereocenters. The van der Waals surface area contributed by atoms with E-state index in [1.165, 1.54) is 0 Å². The quantitative estimate of drug-likeness (QED) is 0.525. The molecule has 0 aromatic rings. The lowest BCUT2D eigenvalue weighted by Crippen LogP contribution is -2.46. The van der Waals surface area contributed by atoms with Crippen molar-refractivity contribution in [3.8, 4) is 0 Å². The fourth-order valence-corrected chi connectivity index (χ4v) is 1.67. The van der Waals surface area contributed by atoms with E-state index in [4.69, 9.17) is 9.47 Å². The largest absolute Gasteiger partial charge is 0.465 e. The van der Waals surface area contributed by atoms with Crippen LogP contribution in [0.5, 0.6) is 0 Å². The van der Waals surface area contributed by atoms with Crippen molar-refractivity contribution in [2.75, 3.05) is 19.8 Å². The van der Waals surface area contributed by atoms with Gasteiger partial charge < -0.3 is 9.47 Å². The Balaban J connectivity index is 2.50. The number of esters is 1. The minimum atomic E-state index is -0.356. The Bertz CT molecular complexity index is 212. The molecule has 4 heteroatoms. The maximum Gasteiger partial charge on any atom is 0.325 e. The summed E-state index contributed by atoms with van der Waals surface area (Å²) in [5, 5.41) is 3.08. The average Bonchev–Trinajstić information content (AvgIpc) is 2.72. The first-order valence-electron chi connectivity index (χ1n) is 5.42. The third-order valence-corrected chi connectivity index (χ3v) is 2.36. The van der Waals surface area contributed by atoms with Crippen LogP contribution in [0, 0.1) is 0 Å². The van der Waals surface area contributed by atoms with Crippen molar-refractivity contribution in [1.29, 1.82) is 0 Å². The molecule has 0 bridgehead atoms. The van der Waals surface area contributed by atoms with Gasteiger partial charge in [0.15, 0.2) is 0 Å². The molecule has 0 aromatic carbocycles. The highest BCUT2D eigenvalue weighted by Gasteiger charge is 2.31. The third-order valence-electron chi connectivity index (χ3n) is 2.36. The molecule has 4 nitrogen and oxygen atoms in total. The standard InChI is InChI=1S/C11H19NO3/c1-3-7-12-10(11(13)14-4-2)9-6-5-8-15-9/h3,9-10,12H,1,4-8H2,2H3. The number of rotatable bonds is 6. The Labute approximate surface area is 90.6 Å². The first kappa shape index (κ1) is 12.2. The van der Waals surface area contributed by atoms with E-state index in [1.807, 2.05) is 0 Å². The zero-order valence-corrected chi connectivity index (χ0v) is 9.20. The van der Waals surface area contributed by atoms with Crippen LogP contribution < -0.4 is 5.32 Å². The van der Waals surface area contributed by atoms with E-state index in [0.717, 1.165) is 19.4 Å². The van der Waals surface area contributed by atoms with Crippen molar-refractivity contribution in [1.82, 2.24) is 5.32 Å². The van der Waals surface area contributed by atoms with Gasteiger partial charge in [0, 0.05) is 13.2 Å². The van der Waals surface area contributed by atoms with E-state index in [0.29, 0.717) is 13.2 Å². The van der Waals surface area contributed by atoms with E-state index < -0.39 is 0 Å². The summed E-state index contributed by atoms with van der Waals surface area (Å²) in [4.78, 5) is 11.6. The lowest BCUT2D eigenvalue weighted by atomic mass is 10.1. The van der Waals surface area contributed by atoms with Gasteiger partial charge in [0.1, 0.15) is 6.04 Å². The van der Waals surface area contributed by atoms with Gasteiger partial charge in [-0.2, -0.15) is 0 Å². The smallest absolute Gasteiger partial charge is 0.325 e. The lowest BCUT2D eigenvalue weighted by Gasteiger charge is -2.21. The number of carbonyl (C=O) groups is 1. The van der Waals surface area contributed by atoms with Crippen LogP contribution in [-0.4, -0.2) is 37.9 Å². The molecule has 86 valence electrons. The van der Waals surface area contributed by atoms with Crippen molar-refractivity contribution in [2.24, 2.45) is 0 Å². The van der Waals surface area contributed by atoms with Gasteiger partial charge in [0.25, 0.3) is 0 Å². The molecular formula is C11H19NO3. The Morgan fingerprint density at radius 2 is 2.60 bits per heavy atom. The van der Waals surface area contributed by atoms with Crippen molar-refractivity contribution in [3.05, 3.63) is 12.7 Å². The molecule has 1 fully saturated rings. The molecule has 0 radical (unpaired) electrons. The summed E-state index contributed by atoms with van der Waals surface area (Å²) < 4.78 is 10.5.